The van der Waals surface area contributed by atoms with E-state index in [-0.39, 0.29) is 0 Å². The molecule has 2 bridgehead atoms. The van der Waals surface area contributed by atoms with Crippen LogP contribution in [0, 0.1) is 11.8 Å². The molecule has 8 heteroatoms. The summed E-state index contributed by atoms with van der Waals surface area (Å²) in [6.45, 7) is 4.55. The summed E-state index contributed by atoms with van der Waals surface area (Å²) in [5.74, 6) is 3.40. The largest absolute Gasteiger partial charge is 0.369 e. The number of fused-ring (bicyclic) bond motifs is 3. The Hall–Kier alpha value is -3.65. The second-order valence-electron chi connectivity index (χ2n) is 10.5. The molecular weight excluding hydrogens is 448 g/mol. The highest BCUT2D eigenvalue weighted by molar-refractivity contribution is 5.88. The molecular formula is C28H32N8. The Bertz CT molecular complexity index is 1370. The van der Waals surface area contributed by atoms with Crippen molar-refractivity contribution in [3.8, 4) is 5.82 Å². The molecule has 0 radical (unpaired) electrons. The van der Waals surface area contributed by atoms with Crippen molar-refractivity contribution in [3.63, 3.8) is 0 Å². The quantitative estimate of drug-likeness (QED) is 0.436. The van der Waals surface area contributed by atoms with E-state index in [4.69, 9.17) is 5.73 Å². The number of aromatic nitrogens is 4. The van der Waals surface area contributed by atoms with Crippen LogP contribution in [0.3, 0.4) is 0 Å². The highest BCUT2D eigenvalue weighted by Gasteiger charge is 2.42. The summed E-state index contributed by atoms with van der Waals surface area (Å²) in [6, 6.07) is 19.4. The summed E-state index contributed by atoms with van der Waals surface area (Å²) in [5.41, 5.74) is 8.42. The zero-order valence-corrected chi connectivity index (χ0v) is 20.4. The van der Waals surface area contributed by atoms with Crippen LogP contribution in [0.4, 0.5) is 23.3 Å². The molecule has 3 heterocycles. The van der Waals surface area contributed by atoms with Crippen LogP contribution in [0.2, 0.25) is 0 Å². The molecule has 3 fully saturated rings. The molecule has 36 heavy (non-hydrogen) atoms. The average Bonchev–Trinajstić information content (AvgIpc) is 3.65. The number of hydrogen-bond donors (Lipinski definition) is 2. The zero-order chi connectivity index (χ0) is 24.1. The van der Waals surface area contributed by atoms with Gasteiger partial charge in [-0.2, -0.15) is 9.67 Å². The van der Waals surface area contributed by atoms with E-state index >= 15 is 0 Å². The van der Waals surface area contributed by atoms with Gasteiger partial charge in [-0.1, -0.05) is 30.7 Å². The molecule has 3 aliphatic rings. The zero-order valence-electron chi connectivity index (χ0n) is 20.4. The Kier molecular flexibility index (Phi) is 5.27. The molecule has 3 unspecified atom stereocenters. The molecule has 4 aromatic rings. The molecule has 2 aliphatic carbocycles. The van der Waals surface area contributed by atoms with Crippen LogP contribution in [0.15, 0.2) is 60.8 Å². The van der Waals surface area contributed by atoms with Crippen molar-refractivity contribution in [2.45, 2.75) is 31.7 Å². The van der Waals surface area contributed by atoms with Gasteiger partial charge in [-0.3, -0.25) is 4.90 Å². The molecule has 1 saturated heterocycles. The number of hydrogen-bond acceptors (Lipinski definition) is 7. The van der Waals surface area contributed by atoms with Crippen molar-refractivity contribution >= 4 is 34.0 Å². The first-order chi connectivity index (χ1) is 17.7. The standard InChI is InChI=1S/C28H32N8/c29-27-32-28(33-36(27)26-24-4-2-1-3-20(24)11-12-30-26)31-22-7-9-23(10-8-22)34-13-15-35(16-14-34)25-18-19-5-6-21(25)17-19/h1-4,7-12,19,21,25H,5-6,13-18H2,(H3,29,31,32,33). The Morgan fingerprint density at radius 1 is 0.889 bits per heavy atom. The van der Waals surface area contributed by atoms with Gasteiger partial charge in [0.2, 0.25) is 11.9 Å². The lowest BCUT2D eigenvalue weighted by Crippen LogP contribution is -2.51. The van der Waals surface area contributed by atoms with Crippen molar-refractivity contribution in [2.75, 3.05) is 42.1 Å². The second-order valence-corrected chi connectivity index (χ2v) is 10.5. The first-order valence-electron chi connectivity index (χ1n) is 13.1. The van der Waals surface area contributed by atoms with Crippen LogP contribution in [-0.2, 0) is 0 Å². The van der Waals surface area contributed by atoms with Crippen LogP contribution < -0.4 is 16.0 Å². The number of nitrogens with two attached hydrogens (primary N) is 1. The Morgan fingerprint density at radius 2 is 1.72 bits per heavy atom. The highest BCUT2D eigenvalue weighted by atomic mass is 15.4. The fraction of sp³-hybridized carbons (Fsp3) is 0.393. The van der Waals surface area contributed by atoms with Gasteiger partial charge in [0.1, 0.15) is 0 Å². The summed E-state index contributed by atoms with van der Waals surface area (Å²) in [6.07, 6.45) is 7.62. The Balaban J connectivity index is 1.02. The van der Waals surface area contributed by atoms with Gasteiger partial charge in [-0.25, -0.2) is 4.98 Å². The van der Waals surface area contributed by atoms with Gasteiger partial charge in [0.25, 0.3) is 0 Å². The first kappa shape index (κ1) is 21.6. The van der Waals surface area contributed by atoms with E-state index in [0.29, 0.717) is 17.7 Å². The monoisotopic (exact) mass is 480 g/mol. The molecule has 3 N–H and O–H groups in total. The van der Waals surface area contributed by atoms with Crippen molar-refractivity contribution in [3.05, 3.63) is 60.8 Å². The van der Waals surface area contributed by atoms with Gasteiger partial charge < -0.3 is 16.0 Å². The fourth-order valence-electron chi connectivity index (χ4n) is 6.66. The summed E-state index contributed by atoms with van der Waals surface area (Å²) in [4.78, 5) is 14.2. The minimum Gasteiger partial charge on any atom is -0.369 e. The molecule has 2 saturated carbocycles. The van der Waals surface area contributed by atoms with Gasteiger partial charge in [-0.05, 0) is 66.8 Å². The third-order valence-electron chi connectivity index (χ3n) is 8.46. The van der Waals surface area contributed by atoms with Gasteiger partial charge in [0.05, 0.1) is 0 Å². The molecule has 1 aliphatic heterocycles. The van der Waals surface area contributed by atoms with Crippen LogP contribution >= 0.6 is 0 Å². The summed E-state index contributed by atoms with van der Waals surface area (Å²) >= 11 is 0. The Labute approximate surface area is 211 Å². The molecule has 2 aromatic heterocycles. The van der Waals surface area contributed by atoms with Crippen LogP contribution in [0.5, 0.6) is 0 Å². The van der Waals surface area contributed by atoms with E-state index in [1.165, 1.54) is 44.5 Å². The molecule has 2 aromatic carbocycles. The lowest BCUT2D eigenvalue weighted by atomic mass is 9.93. The van der Waals surface area contributed by atoms with Crippen molar-refractivity contribution in [1.29, 1.82) is 0 Å². The number of nitrogens with zero attached hydrogens (tertiary/aromatic N) is 6. The lowest BCUT2D eigenvalue weighted by molar-refractivity contribution is 0.135. The maximum Gasteiger partial charge on any atom is 0.248 e. The summed E-state index contributed by atoms with van der Waals surface area (Å²) < 4.78 is 1.59. The van der Waals surface area contributed by atoms with Gasteiger partial charge in [-0.15, -0.1) is 5.10 Å². The van der Waals surface area contributed by atoms with Crippen LogP contribution in [0.1, 0.15) is 25.7 Å². The predicted octanol–water partition coefficient (Wildman–Crippen LogP) is 4.45. The van der Waals surface area contributed by atoms with E-state index in [0.717, 1.165) is 47.4 Å². The first-order valence-corrected chi connectivity index (χ1v) is 13.1. The van der Waals surface area contributed by atoms with Crippen LogP contribution in [0.25, 0.3) is 16.6 Å². The SMILES string of the molecule is Nc1nc(Nc2ccc(N3CCN(C4CC5CCC4C5)CC3)cc2)nn1-c1nccc2ccccc12. The molecule has 0 amide bonds. The van der Waals surface area contributed by atoms with Crippen LogP contribution in [-0.4, -0.2) is 56.9 Å². The summed E-state index contributed by atoms with van der Waals surface area (Å²) in [5, 5.41) is 9.95. The molecule has 0 spiro atoms. The van der Waals surface area contributed by atoms with E-state index in [9.17, 15) is 0 Å². The number of nitrogen functional groups attached to an aromatic ring is 1. The smallest absolute Gasteiger partial charge is 0.248 e. The number of pyridine rings is 1. The third-order valence-corrected chi connectivity index (χ3v) is 8.46. The molecule has 184 valence electrons. The van der Waals surface area contributed by atoms with Gasteiger partial charge >= 0.3 is 0 Å². The van der Waals surface area contributed by atoms with E-state index in [1.54, 1.807) is 10.9 Å². The highest BCUT2D eigenvalue weighted by Crippen LogP contribution is 2.46. The number of nitrogens with one attached hydrogen (secondary N) is 1. The average molecular weight is 481 g/mol. The maximum atomic E-state index is 6.21. The molecule has 8 nitrogen and oxygen atoms in total. The maximum absolute atomic E-state index is 6.21. The second kappa shape index (κ2) is 8.78. The van der Waals surface area contributed by atoms with Crippen molar-refractivity contribution in [1.82, 2.24) is 24.6 Å². The summed E-state index contributed by atoms with van der Waals surface area (Å²) in [7, 11) is 0. The lowest BCUT2D eigenvalue weighted by Gasteiger charge is -2.41. The minimum atomic E-state index is 0.298. The number of piperazine rings is 1. The minimum absolute atomic E-state index is 0.298. The molecule has 3 atom stereocenters. The topological polar surface area (TPSA) is 88.1 Å². The normalized spacial score (nSPS) is 24.0. The van der Waals surface area contributed by atoms with E-state index < -0.39 is 0 Å². The molecule has 7 rings (SSSR count). The Morgan fingerprint density at radius 3 is 2.50 bits per heavy atom. The van der Waals surface area contributed by atoms with E-state index in [2.05, 4.69) is 54.4 Å². The van der Waals surface area contributed by atoms with Gasteiger partial charge in [0.15, 0.2) is 5.82 Å². The fourth-order valence-corrected chi connectivity index (χ4v) is 6.66. The van der Waals surface area contributed by atoms with Gasteiger partial charge in [0, 0.05) is 55.2 Å². The number of anilines is 4. The third kappa shape index (κ3) is 3.86. The van der Waals surface area contributed by atoms with Crippen molar-refractivity contribution < 1.29 is 0 Å². The number of benzene rings is 2. The number of rotatable bonds is 5. The van der Waals surface area contributed by atoms with E-state index in [1.807, 2.05) is 30.3 Å². The predicted molar refractivity (Wildman–Crippen MR) is 144 cm³/mol. The van der Waals surface area contributed by atoms with Crippen molar-refractivity contribution in [2.24, 2.45) is 11.8 Å².